The van der Waals surface area contributed by atoms with Gasteiger partial charge in [0.25, 0.3) is 0 Å². The lowest BCUT2D eigenvalue weighted by molar-refractivity contribution is 0.386. The molecule has 1 N–H and O–H groups in total. The van der Waals surface area contributed by atoms with Crippen LogP contribution < -0.4 is 5.32 Å². The van der Waals surface area contributed by atoms with Crippen LogP contribution >= 0.6 is 11.8 Å². The predicted molar refractivity (Wildman–Crippen MR) is 65.3 cm³/mol. The van der Waals surface area contributed by atoms with Crippen LogP contribution in [0.3, 0.4) is 0 Å². The molecule has 0 aliphatic carbocycles. The zero-order chi connectivity index (χ0) is 10.5. The van der Waals surface area contributed by atoms with Crippen LogP contribution in [0.4, 0.5) is 0 Å². The highest BCUT2D eigenvalue weighted by atomic mass is 32.2. The molecule has 1 aromatic heterocycles. The van der Waals surface area contributed by atoms with Gasteiger partial charge >= 0.3 is 0 Å². The number of furan rings is 1. The van der Waals surface area contributed by atoms with Crippen LogP contribution in [-0.4, -0.2) is 24.1 Å². The summed E-state index contributed by atoms with van der Waals surface area (Å²) in [5.41, 5.74) is 1.32. The first-order valence-corrected chi connectivity index (χ1v) is 6.88. The molecule has 1 aliphatic rings. The van der Waals surface area contributed by atoms with Gasteiger partial charge in [-0.1, -0.05) is 6.92 Å². The van der Waals surface area contributed by atoms with E-state index in [0.29, 0.717) is 6.04 Å². The predicted octanol–water partition coefficient (Wildman–Crippen LogP) is 2.55. The normalized spacial score (nSPS) is 23.1. The Morgan fingerprint density at radius 3 is 3.20 bits per heavy atom. The van der Waals surface area contributed by atoms with E-state index in [0.717, 1.165) is 18.9 Å². The Labute approximate surface area is 95.8 Å². The van der Waals surface area contributed by atoms with Crippen molar-refractivity contribution in [3.8, 4) is 0 Å². The largest absolute Gasteiger partial charge is 0.472 e. The van der Waals surface area contributed by atoms with Crippen molar-refractivity contribution in [3.63, 3.8) is 0 Å². The third-order valence-corrected chi connectivity index (χ3v) is 4.22. The van der Waals surface area contributed by atoms with E-state index >= 15 is 0 Å². The molecular formula is C12H19NOS. The van der Waals surface area contributed by atoms with Gasteiger partial charge in [-0.25, -0.2) is 0 Å². The minimum atomic E-state index is 0.627. The Bertz CT molecular complexity index is 267. The standard InChI is InChI=1S/C12H19NOS/c1-2-13-12(11-4-6-15-9-11)7-10-3-5-14-8-10/h3,5,8,11-13H,2,4,6-7,9H2,1H3. The van der Waals surface area contributed by atoms with E-state index in [1.54, 1.807) is 6.26 Å². The van der Waals surface area contributed by atoms with Crippen molar-refractivity contribution in [2.45, 2.75) is 25.8 Å². The molecule has 0 radical (unpaired) electrons. The van der Waals surface area contributed by atoms with Crippen molar-refractivity contribution in [2.24, 2.45) is 5.92 Å². The highest BCUT2D eigenvalue weighted by Crippen LogP contribution is 2.27. The van der Waals surface area contributed by atoms with E-state index in [4.69, 9.17) is 4.42 Å². The van der Waals surface area contributed by atoms with Gasteiger partial charge in [0.1, 0.15) is 0 Å². The second kappa shape index (κ2) is 5.61. The fraction of sp³-hybridized carbons (Fsp3) is 0.667. The van der Waals surface area contributed by atoms with Crippen LogP contribution in [0.5, 0.6) is 0 Å². The first kappa shape index (κ1) is 11.1. The Hall–Kier alpha value is -0.410. The van der Waals surface area contributed by atoms with Gasteiger partial charge in [0.15, 0.2) is 0 Å². The van der Waals surface area contributed by atoms with Gasteiger partial charge in [0.05, 0.1) is 12.5 Å². The molecule has 2 nitrogen and oxygen atoms in total. The Kier molecular flexibility index (Phi) is 4.15. The van der Waals surface area contributed by atoms with Gasteiger partial charge in [0, 0.05) is 6.04 Å². The lowest BCUT2D eigenvalue weighted by Crippen LogP contribution is -2.38. The van der Waals surface area contributed by atoms with Crippen molar-refractivity contribution >= 4 is 11.8 Å². The number of thioether (sulfide) groups is 1. The molecule has 2 atom stereocenters. The zero-order valence-electron chi connectivity index (χ0n) is 9.24. The summed E-state index contributed by atoms with van der Waals surface area (Å²) in [5.74, 6) is 3.48. The van der Waals surface area contributed by atoms with Crippen LogP contribution in [-0.2, 0) is 6.42 Å². The second-order valence-corrected chi connectivity index (χ2v) is 5.27. The van der Waals surface area contributed by atoms with E-state index in [-0.39, 0.29) is 0 Å². The molecular weight excluding hydrogens is 206 g/mol. The first-order chi connectivity index (χ1) is 7.40. The SMILES string of the molecule is CCNC(Cc1ccoc1)C1CCSC1. The summed E-state index contributed by atoms with van der Waals surface area (Å²) < 4.78 is 5.12. The van der Waals surface area contributed by atoms with Crippen molar-refractivity contribution in [3.05, 3.63) is 24.2 Å². The average molecular weight is 225 g/mol. The maximum atomic E-state index is 5.12. The lowest BCUT2D eigenvalue weighted by Gasteiger charge is -2.23. The highest BCUT2D eigenvalue weighted by Gasteiger charge is 2.24. The Morgan fingerprint density at radius 1 is 1.67 bits per heavy atom. The van der Waals surface area contributed by atoms with E-state index < -0.39 is 0 Å². The van der Waals surface area contributed by atoms with Crippen LogP contribution in [0, 0.1) is 5.92 Å². The summed E-state index contributed by atoms with van der Waals surface area (Å²) in [7, 11) is 0. The minimum absolute atomic E-state index is 0.627. The molecule has 0 saturated carbocycles. The molecule has 1 saturated heterocycles. The number of rotatable bonds is 5. The summed E-state index contributed by atoms with van der Waals surface area (Å²) in [6.07, 6.45) is 6.10. The third-order valence-electron chi connectivity index (χ3n) is 3.04. The van der Waals surface area contributed by atoms with Crippen molar-refractivity contribution in [1.82, 2.24) is 5.32 Å². The Balaban J connectivity index is 1.93. The molecule has 0 amide bonds. The van der Waals surface area contributed by atoms with Crippen LogP contribution in [0.25, 0.3) is 0 Å². The summed E-state index contributed by atoms with van der Waals surface area (Å²) >= 11 is 2.09. The lowest BCUT2D eigenvalue weighted by atomic mass is 9.94. The van der Waals surface area contributed by atoms with Gasteiger partial charge in [-0.3, -0.25) is 0 Å². The molecule has 1 aliphatic heterocycles. The number of likely N-dealkylation sites (N-methyl/N-ethyl adjacent to an activating group) is 1. The summed E-state index contributed by atoms with van der Waals surface area (Å²) in [6, 6.07) is 2.70. The van der Waals surface area contributed by atoms with Crippen molar-refractivity contribution in [1.29, 1.82) is 0 Å². The molecule has 3 heteroatoms. The zero-order valence-corrected chi connectivity index (χ0v) is 10.1. The smallest absolute Gasteiger partial charge is 0.0935 e. The molecule has 1 aromatic rings. The topological polar surface area (TPSA) is 25.2 Å². The Morgan fingerprint density at radius 2 is 2.60 bits per heavy atom. The molecule has 0 aromatic carbocycles. The van der Waals surface area contributed by atoms with Gasteiger partial charge < -0.3 is 9.73 Å². The van der Waals surface area contributed by atoms with Crippen LogP contribution in [0.1, 0.15) is 18.9 Å². The molecule has 2 heterocycles. The van der Waals surface area contributed by atoms with Gasteiger partial charge in [0.2, 0.25) is 0 Å². The quantitative estimate of drug-likeness (QED) is 0.833. The van der Waals surface area contributed by atoms with Crippen LogP contribution in [0.15, 0.2) is 23.0 Å². The molecule has 2 rings (SSSR count). The minimum Gasteiger partial charge on any atom is -0.472 e. The van der Waals surface area contributed by atoms with E-state index in [2.05, 4.69) is 30.1 Å². The molecule has 84 valence electrons. The second-order valence-electron chi connectivity index (χ2n) is 4.12. The molecule has 0 spiro atoms. The molecule has 0 bridgehead atoms. The van der Waals surface area contributed by atoms with E-state index in [1.807, 2.05) is 6.26 Å². The third kappa shape index (κ3) is 3.02. The van der Waals surface area contributed by atoms with Crippen molar-refractivity contribution < 1.29 is 4.42 Å². The monoisotopic (exact) mass is 225 g/mol. The maximum Gasteiger partial charge on any atom is 0.0935 e. The molecule has 1 fully saturated rings. The number of hydrogen-bond acceptors (Lipinski definition) is 3. The van der Waals surface area contributed by atoms with E-state index in [9.17, 15) is 0 Å². The van der Waals surface area contributed by atoms with Crippen molar-refractivity contribution in [2.75, 3.05) is 18.1 Å². The van der Waals surface area contributed by atoms with Gasteiger partial charge in [-0.2, -0.15) is 11.8 Å². The number of nitrogens with one attached hydrogen (secondary N) is 1. The molecule has 2 unspecified atom stereocenters. The highest BCUT2D eigenvalue weighted by molar-refractivity contribution is 7.99. The van der Waals surface area contributed by atoms with E-state index in [1.165, 1.54) is 23.5 Å². The summed E-state index contributed by atoms with van der Waals surface area (Å²) in [4.78, 5) is 0. The summed E-state index contributed by atoms with van der Waals surface area (Å²) in [6.45, 7) is 3.24. The molecule has 15 heavy (non-hydrogen) atoms. The van der Waals surface area contributed by atoms with Crippen LogP contribution in [0.2, 0.25) is 0 Å². The number of hydrogen-bond donors (Lipinski definition) is 1. The van der Waals surface area contributed by atoms with Gasteiger partial charge in [-0.05, 0) is 48.4 Å². The maximum absolute atomic E-state index is 5.12. The fourth-order valence-electron chi connectivity index (χ4n) is 2.20. The fourth-order valence-corrected chi connectivity index (χ4v) is 3.54. The summed E-state index contributed by atoms with van der Waals surface area (Å²) in [5, 5.41) is 3.61. The average Bonchev–Trinajstić information content (AvgIpc) is 2.89. The van der Waals surface area contributed by atoms with Gasteiger partial charge in [-0.15, -0.1) is 0 Å². The first-order valence-electron chi connectivity index (χ1n) is 5.72.